The Labute approximate surface area is 248 Å². The number of nitrogens with zero attached hydrogens (tertiary/aromatic N) is 3. The number of amides is 1. The molecule has 1 saturated heterocycles. The largest absolute Gasteiger partial charge is 0.497 e. The van der Waals surface area contributed by atoms with E-state index in [1.165, 1.54) is 22.5 Å². The maximum Gasteiger partial charge on any atom is 0.266 e. The maximum absolute atomic E-state index is 13.8. The second kappa shape index (κ2) is 11.1. The number of methoxy groups -OCH3 is 1. The lowest BCUT2D eigenvalue weighted by molar-refractivity contribution is 0.0752. The Hall–Kier alpha value is -4.07. The minimum Gasteiger partial charge on any atom is -0.497 e. The minimum atomic E-state index is -0.0474. The highest BCUT2D eigenvalue weighted by Crippen LogP contribution is 2.42. The molecule has 0 spiro atoms. The van der Waals surface area contributed by atoms with Gasteiger partial charge in [-0.15, -0.1) is 11.3 Å². The molecule has 0 bridgehead atoms. The molecular formula is C33H31ClN4O2S. The van der Waals surface area contributed by atoms with E-state index in [0.29, 0.717) is 28.7 Å². The lowest BCUT2D eigenvalue weighted by Gasteiger charge is -2.36. The van der Waals surface area contributed by atoms with Gasteiger partial charge in [0.1, 0.15) is 15.5 Å². The van der Waals surface area contributed by atoms with Gasteiger partial charge >= 0.3 is 0 Å². The molecule has 41 heavy (non-hydrogen) atoms. The number of aromatic nitrogens is 1. The zero-order chi connectivity index (χ0) is 28.7. The number of nitrogens with two attached hydrogens (primary N) is 1. The molecule has 1 aliphatic heterocycles. The molecular weight excluding hydrogens is 552 g/mol. The van der Waals surface area contributed by atoms with Crippen LogP contribution in [0.15, 0.2) is 72.8 Å². The lowest BCUT2D eigenvalue weighted by atomic mass is 9.98. The number of halogens is 1. The van der Waals surface area contributed by atoms with Gasteiger partial charge in [-0.25, -0.2) is 4.98 Å². The van der Waals surface area contributed by atoms with Crippen LogP contribution in [-0.4, -0.2) is 49.1 Å². The van der Waals surface area contributed by atoms with E-state index in [-0.39, 0.29) is 5.91 Å². The topological polar surface area (TPSA) is 71.7 Å². The quantitative estimate of drug-likeness (QED) is 0.233. The van der Waals surface area contributed by atoms with Crippen LogP contribution in [-0.2, 0) is 0 Å². The summed E-state index contributed by atoms with van der Waals surface area (Å²) in [4.78, 5) is 24.3. The van der Waals surface area contributed by atoms with Crippen molar-refractivity contribution in [3.05, 3.63) is 93.8 Å². The van der Waals surface area contributed by atoms with Crippen molar-refractivity contribution in [3.63, 3.8) is 0 Å². The first-order valence-electron chi connectivity index (χ1n) is 13.6. The van der Waals surface area contributed by atoms with Gasteiger partial charge in [0.2, 0.25) is 0 Å². The van der Waals surface area contributed by atoms with Gasteiger partial charge < -0.3 is 20.3 Å². The number of nitrogen functional groups attached to an aromatic ring is 1. The highest BCUT2D eigenvalue weighted by Gasteiger charge is 2.28. The second-order valence-electron chi connectivity index (χ2n) is 10.4. The second-order valence-corrected chi connectivity index (χ2v) is 11.8. The third-order valence-electron chi connectivity index (χ3n) is 7.72. The molecule has 0 unspecified atom stereocenters. The lowest BCUT2D eigenvalue weighted by Crippen LogP contribution is -2.49. The Bertz CT molecular complexity index is 1740. The van der Waals surface area contributed by atoms with Crippen LogP contribution in [0.3, 0.4) is 0 Å². The predicted molar refractivity (Wildman–Crippen MR) is 170 cm³/mol. The van der Waals surface area contributed by atoms with Crippen molar-refractivity contribution in [1.82, 2.24) is 9.88 Å². The highest BCUT2D eigenvalue weighted by molar-refractivity contribution is 7.21. The fraction of sp³-hybridized carbons (Fsp3) is 0.212. The van der Waals surface area contributed by atoms with Crippen LogP contribution >= 0.6 is 22.9 Å². The van der Waals surface area contributed by atoms with Gasteiger partial charge in [0.05, 0.1) is 18.5 Å². The number of rotatable bonds is 5. The van der Waals surface area contributed by atoms with Gasteiger partial charge in [0, 0.05) is 47.8 Å². The molecule has 1 amide bonds. The summed E-state index contributed by atoms with van der Waals surface area (Å²) in [5, 5.41) is 1.54. The van der Waals surface area contributed by atoms with Gasteiger partial charge in [-0.05, 0) is 73.0 Å². The Morgan fingerprint density at radius 3 is 2.29 bits per heavy atom. The fourth-order valence-electron chi connectivity index (χ4n) is 5.37. The number of ether oxygens (including phenoxy) is 1. The molecule has 208 valence electrons. The van der Waals surface area contributed by atoms with Crippen LogP contribution in [0.25, 0.3) is 32.6 Å². The molecule has 0 atom stereocenters. The van der Waals surface area contributed by atoms with Crippen LogP contribution in [0.5, 0.6) is 5.75 Å². The van der Waals surface area contributed by atoms with Crippen LogP contribution in [0.2, 0.25) is 5.02 Å². The molecule has 0 radical (unpaired) electrons. The molecule has 5 aromatic rings. The predicted octanol–water partition coefficient (Wildman–Crippen LogP) is 7.45. The van der Waals surface area contributed by atoms with Crippen LogP contribution in [0.4, 0.5) is 11.4 Å². The van der Waals surface area contributed by atoms with Gasteiger partial charge in [0.25, 0.3) is 5.91 Å². The summed E-state index contributed by atoms with van der Waals surface area (Å²) in [7, 11) is 1.65. The number of hydrogen-bond donors (Lipinski definition) is 1. The van der Waals surface area contributed by atoms with E-state index in [9.17, 15) is 4.79 Å². The van der Waals surface area contributed by atoms with E-state index in [2.05, 4.69) is 49.1 Å². The van der Waals surface area contributed by atoms with Crippen molar-refractivity contribution < 1.29 is 9.53 Å². The number of hydrogen-bond acceptors (Lipinski definition) is 6. The van der Waals surface area contributed by atoms with Crippen molar-refractivity contribution in [2.24, 2.45) is 0 Å². The van der Waals surface area contributed by atoms with E-state index < -0.39 is 0 Å². The minimum absolute atomic E-state index is 0.0474. The summed E-state index contributed by atoms with van der Waals surface area (Å²) in [6, 6.07) is 24.2. The zero-order valence-electron chi connectivity index (χ0n) is 23.3. The zero-order valence-corrected chi connectivity index (χ0v) is 24.9. The first-order valence-corrected chi connectivity index (χ1v) is 14.8. The number of aryl methyl sites for hydroxylation is 2. The summed E-state index contributed by atoms with van der Waals surface area (Å²) in [6.07, 6.45) is 0. The summed E-state index contributed by atoms with van der Waals surface area (Å²) in [5.74, 6) is 0.737. The normalized spacial score (nSPS) is 13.6. The fourth-order valence-corrected chi connectivity index (χ4v) is 6.62. The van der Waals surface area contributed by atoms with Gasteiger partial charge in [0.15, 0.2) is 0 Å². The SMILES string of the molecule is COc1ccc(-c2cc(-c3ccc(C)cc3)c3c(N)c(C(=O)N4CCN(c5cc(Cl)ccc5C)CC4)sc3n2)cc1. The Morgan fingerprint density at radius 1 is 0.927 bits per heavy atom. The van der Waals surface area contributed by atoms with Crippen molar-refractivity contribution in [1.29, 1.82) is 0 Å². The molecule has 2 aromatic heterocycles. The van der Waals surface area contributed by atoms with Crippen LogP contribution in [0.1, 0.15) is 20.8 Å². The van der Waals surface area contributed by atoms with Crippen molar-refractivity contribution in [2.75, 3.05) is 43.9 Å². The molecule has 3 heterocycles. The first kappa shape index (κ1) is 27.1. The third-order valence-corrected chi connectivity index (χ3v) is 9.04. The summed E-state index contributed by atoms with van der Waals surface area (Å²) >= 11 is 7.64. The average Bonchev–Trinajstić information content (AvgIpc) is 3.34. The molecule has 3 aromatic carbocycles. The van der Waals surface area contributed by atoms with Crippen molar-refractivity contribution in [3.8, 4) is 28.1 Å². The monoisotopic (exact) mass is 582 g/mol. The van der Waals surface area contributed by atoms with Crippen molar-refractivity contribution in [2.45, 2.75) is 13.8 Å². The first-order chi connectivity index (χ1) is 19.8. The van der Waals surface area contributed by atoms with Gasteiger partial charge in [-0.2, -0.15) is 0 Å². The molecule has 1 aliphatic rings. The number of carbonyl (C=O) groups excluding carboxylic acids is 1. The Morgan fingerprint density at radius 2 is 1.61 bits per heavy atom. The van der Waals surface area contributed by atoms with E-state index in [1.807, 2.05) is 47.4 Å². The van der Waals surface area contributed by atoms with Gasteiger partial charge in [-0.3, -0.25) is 4.79 Å². The molecule has 8 heteroatoms. The van der Waals surface area contributed by atoms with E-state index in [4.69, 9.17) is 27.1 Å². The standard InChI is InChI=1S/C33H31ClN4O2S/c1-20-4-7-22(8-5-20)26-19-27(23-9-12-25(40-3)13-10-23)36-32-29(26)30(35)31(41-32)33(39)38-16-14-37(15-17-38)28-18-24(34)11-6-21(28)2/h4-13,18-19H,14-17,35H2,1-3H3. The number of benzene rings is 3. The summed E-state index contributed by atoms with van der Waals surface area (Å²) in [6.45, 7) is 6.82. The van der Waals surface area contributed by atoms with Crippen LogP contribution in [0, 0.1) is 13.8 Å². The van der Waals surface area contributed by atoms with E-state index >= 15 is 0 Å². The van der Waals surface area contributed by atoms with E-state index in [1.54, 1.807) is 7.11 Å². The molecule has 0 saturated carbocycles. The molecule has 1 fully saturated rings. The number of carbonyl (C=O) groups is 1. The Kier molecular flexibility index (Phi) is 7.32. The summed E-state index contributed by atoms with van der Waals surface area (Å²) < 4.78 is 5.34. The maximum atomic E-state index is 13.8. The van der Waals surface area contributed by atoms with Crippen molar-refractivity contribution >= 4 is 50.4 Å². The number of thiophene rings is 1. The molecule has 2 N–H and O–H groups in total. The third kappa shape index (κ3) is 5.23. The average molecular weight is 583 g/mol. The van der Waals surface area contributed by atoms with Crippen LogP contribution < -0.4 is 15.4 Å². The number of anilines is 2. The Balaban J connectivity index is 1.36. The molecule has 6 nitrogen and oxygen atoms in total. The number of pyridine rings is 1. The van der Waals surface area contributed by atoms with Gasteiger partial charge in [-0.1, -0.05) is 47.5 Å². The highest BCUT2D eigenvalue weighted by atomic mass is 35.5. The number of piperazine rings is 1. The molecule has 0 aliphatic carbocycles. The smallest absolute Gasteiger partial charge is 0.266 e. The number of fused-ring (bicyclic) bond motifs is 1. The molecule has 6 rings (SSSR count). The summed E-state index contributed by atoms with van der Waals surface area (Å²) in [5.41, 5.74) is 14.5. The van der Waals surface area contributed by atoms with E-state index in [0.717, 1.165) is 57.1 Å².